The van der Waals surface area contributed by atoms with Gasteiger partial charge in [-0.25, -0.2) is 9.78 Å². The molecule has 0 fully saturated rings. The Morgan fingerprint density at radius 2 is 1.87 bits per heavy atom. The predicted molar refractivity (Wildman–Crippen MR) is 85.6 cm³/mol. The number of aromatic nitrogens is 1. The van der Waals surface area contributed by atoms with Crippen LogP contribution in [0.4, 0.5) is 0 Å². The van der Waals surface area contributed by atoms with Gasteiger partial charge in [0, 0.05) is 18.7 Å². The predicted octanol–water partition coefficient (Wildman–Crippen LogP) is 3.45. The van der Waals surface area contributed by atoms with E-state index >= 15 is 0 Å². The van der Waals surface area contributed by atoms with Crippen LogP contribution in [0.5, 0.6) is 5.75 Å². The second kappa shape index (κ2) is 9.12. The fourth-order valence-corrected chi connectivity index (χ4v) is 1.93. The third-order valence-electron chi connectivity index (χ3n) is 2.91. The van der Waals surface area contributed by atoms with Crippen LogP contribution in [0.3, 0.4) is 0 Å². The highest BCUT2D eigenvalue weighted by molar-refractivity contribution is 5.85. The number of carbonyl (C=O) groups is 2. The molecule has 0 amide bonds. The lowest BCUT2D eigenvalue weighted by Crippen LogP contribution is -2.23. The fourth-order valence-electron chi connectivity index (χ4n) is 1.93. The van der Waals surface area contributed by atoms with E-state index in [1.165, 1.54) is 12.3 Å². The topological polar surface area (TPSA) is 85.7 Å². The van der Waals surface area contributed by atoms with Crippen molar-refractivity contribution >= 4 is 11.9 Å². The molecule has 1 aromatic heterocycles. The second-order valence-corrected chi connectivity index (χ2v) is 6.28. The van der Waals surface area contributed by atoms with E-state index in [0.29, 0.717) is 18.8 Å². The van der Waals surface area contributed by atoms with Gasteiger partial charge < -0.3 is 14.6 Å². The van der Waals surface area contributed by atoms with Crippen LogP contribution in [0.1, 0.15) is 63.4 Å². The monoisotopic (exact) mass is 323 g/mol. The summed E-state index contributed by atoms with van der Waals surface area (Å²) in [5.74, 6) is -0.726. The van der Waals surface area contributed by atoms with E-state index in [9.17, 15) is 9.59 Å². The van der Waals surface area contributed by atoms with Gasteiger partial charge in [-0.3, -0.25) is 4.79 Å². The normalized spacial score (nSPS) is 11.1. The summed E-state index contributed by atoms with van der Waals surface area (Å²) >= 11 is 0. The first kappa shape index (κ1) is 18.9. The Kier molecular flexibility index (Phi) is 7.51. The van der Waals surface area contributed by atoms with Crippen molar-refractivity contribution in [1.29, 1.82) is 0 Å². The Morgan fingerprint density at radius 3 is 2.52 bits per heavy atom. The number of unbranched alkanes of at least 4 members (excludes halogenated alkanes) is 3. The molecule has 6 nitrogen and oxygen atoms in total. The molecule has 128 valence electrons. The summed E-state index contributed by atoms with van der Waals surface area (Å²) in [5.41, 5.74) is -0.454. The lowest BCUT2D eigenvalue weighted by Gasteiger charge is -2.19. The standard InChI is InChI=1S/C17H25NO5/c1-17(2,3)23-15(19)8-6-4-5-7-11-22-13-9-10-18-14(12-13)16(20)21/h9-10,12H,4-8,11H2,1-3H3,(H,20,21). The number of pyridine rings is 1. The Hall–Kier alpha value is -2.11. The van der Waals surface area contributed by atoms with E-state index < -0.39 is 11.6 Å². The molecule has 0 aliphatic heterocycles. The third-order valence-corrected chi connectivity index (χ3v) is 2.91. The molecule has 1 aromatic rings. The van der Waals surface area contributed by atoms with Crippen molar-refractivity contribution in [3.05, 3.63) is 24.0 Å². The van der Waals surface area contributed by atoms with Gasteiger partial charge in [0.1, 0.15) is 11.4 Å². The average molecular weight is 323 g/mol. The van der Waals surface area contributed by atoms with Gasteiger partial charge in [0.25, 0.3) is 0 Å². The summed E-state index contributed by atoms with van der Waals surface area (Å²) in [5, 5.41) is 8.84. The molecule has 0 aromatic carbocycles. The van der Waals surface area contributed by atoms with Crippen molar-refractivity contribution in [3.8, 4) is 5.75 Å². The third kappa shape index (κ3) is 8.80. The van der Waals surface area contributed by atoms with Gasteiger partial charge in [-0.05, 0) is 39.7 Å². The minimum absolute atomic E-state index is 0.0279. The number of carboxylic acids is 1. The van der Waals surface area contributed by atoms with Crippen molar-refractivity contribution < 1.29 is 24.2 Å². The molecule has 0 saturated carbocycles. The van der Waals surface area contributed by atoms with Crippen molar-refractivity contribution in [3.63, 3.8) is 0 Å². The number of aromatic carboxylic acids is 1. The van der Waals surface area contributed by atoms with Crippen molar-refractivity contribution in [2.45, 2.75) is 58.5 Å². The van der Waals surface area contributed by atoms with Crippen LogP contribution in [0.2, 0.25) is 0 Å². The van der Waals surface area contributed by atoms with Gasteiger partial charge in [-0.15, -0.1) is 0 Å². The number of esters is 1. The molecule has 1 N–H and O–H groups in total. The minimum Gasteiger partial charge on any atom is -0.493 e. The average Bonchev–Trinajstić information content (AvgIpc) is 2.44. The quantitative estimate of drug-likeness (QED) is 0.553. The summed E-state index contributed by atoms with van der Waals surface area (Å²) in [6.07, 6.45) is 5.37. The van der Waals surface area contributed by atoms with E-state index in [1.807, 2.05) is 20.8 Å². The van der Waals surface area contributed by atoms with Gasteiger partial charge in [0.05, 0.1) is 6.61 Å². The molecular formula is C17H25NO5. The molecule has 0 unspecified atom stereocenters. The zero-order valence-corrected chi connectivity index (χ0v) is 14.0. The number of carbonyl (C=O) groups excluding carboxylic acids is 1. The fraction of sp³-hybridized carbons (Fsp3) is 0.588. The molecular weight excluding hydrogens is 298 g/mol. The Balaban J connectivity index is 2.11. The number of hydrogen-bond acceptors (Lipinski definition) is 5. The first-order valence-corrected chi connectivity index (χ1v) is 7.82. The number of rotatable bonds is 9. The van der Waals surface area contributed by atoms with Gasteiger partial charge in [0.15, 0.2) is 5.69 Å². The highest BCUT2D eigenvalue weighted by Gasteiger charge is 2.15. The molecule has 1 heterocycles. The molecule has 0 atom stereocenters. The van der Waals surface area contributed by atoms with Crippen LogP contribution < -0.4 is 4.74 Å². The molecule has 23 heavy (non-hydrogen) atoms. The summed E-state index contributed by atoms with van der Waals surface area (Å²) in [7, 11) is 0. The van der Waals surface area contributed by atoms with E-state index in [4.69, 9.17) is 14.6 Å². The van der Waals surface area contributed by atoms with E-state index in [0.717, 1.165) is 25.7 Å². The van der Waals surface area contributed by atoms with Crippen molar-refractivity contribution in [2.24, 2.45) is 0 Å². The summed E-state index contributed by atoms with van der Waals surface area (Å²) in [6, 6.07) is 3.04. The first-order valence-electron chi connectivity index (χ1n) is 7.82. The first-order chi connectivity index (χ1) is 10.8. The maximum atomic E-state index is 11.5. The molecule has 1 rings (SSSR count). The van der Waals surface area contributed by atoms with Crippen LogP contribution in [0.15, 0.2) is 18.3 Å². The zero-order valence-electron chi connectivity index (χ0n) is 14.0. The maximum Gasteiger partial charge on any atom is 0.354 e. The second-order valence-electron chi connectivity index (χ2n) is 6.28. The van der Waals surface area contributed by atoms with Crippen LogP contribution in [0, 0.1) is 0 Å². The molecule has 0 bridgehead atoms. The molecule has 0 aliphatic carbocycles. The summed E-state index contributed by atoms with van der Waals surface area (Å²) in [6.45, 7) is 6.08. The molecule has 0 spiro atoms. The molecule has 0 saturated heterocycles. The zero-order chi connectivity index (χ0) is 17.3. The summed E-state index contributed by atoms with van der Waals surface area (Å²) in [4.78, 5) is 26.0. The van der Waals surface area contributed by atoms with Gasteiger partial charge in [-0.2, -0.15) is 0 Å². The van der Waals surface area contributed by atoms with Gasteiger partial charge in [-0.1, -0.05) is 12.8 Å². The lowest BCUT2D eigenvalue weighted by molar-refractivity contribution is -0.154. The number of carboxylic acid groups (broad SMARTS) is 1. The highest BCUT2D eigenvalue weighted by atomic mass is 16.6. The lowest BCUT2D eigenvalue weighted by atomic mass is 10.1. The minimum atomic E-state index is -1.07. The van der Waals surface area contributed by atoms with E-state index in [-0.39, 0.29) is 11.7 Å². The van der Waals surface area contributed by atoms with Gasteiger partial charge in [0.2, 0.25) is 0 Å². The number of nitrogens with zero attached hydrogens (tertiary/aromatic N) is 1. The van der Waals surface area contributed by atoms with E-state index in [1.54, 1.807) is 6.07 Å². The largest absolute Gasteiger partial charge is 0.493 e. The van der Waals surface area contributed by atoms with Crippen molar-refractivity contribution in [2.75, 3.05) is 6.61 Å². The van der Waals surface area contributed by atoms with Crippen LogP contribution >= 0.6 is 0 Å². The van der Waals surface area contributed by atoms with E-state index in [2.05, 4.69) is 4.98 Å². The van der Waals surface area contributed by atoms with Gasteiger partial charge >= 0.3 is 11.9 Å². The summed E-state index contributed by atoms with van der Waals surface area (Å²) < 4.78 is 10.7. The number of hydrogen-bond donors (Lipinski definition) is 1. The molecule has 0 radical (unpaired) electrons. The Morgan fingerprint density at radius 1 is 1.17 bits per heavy atom. The van der Waals surface area contributed by atoms with Crippen LogP contribution in [-0.4, -0.2) is 34.2 Å². The molecule has 6 heteroatoms. The highest BCUT2D eigenvalue weighted by Crippen LogP contribution is 2.13. The van der Waals surface area contributed by atoms with Crippen molar-refractivity contribution in [1.82, 2.24) is 4.98 Å². The Labute approximate surface area is 136 Å². The smallest absolute Gasteiger partial charge is 0.354 e. The SMILES string of the molecule is CC(C)(C)OC(=O)CCCCCCOc1ccnc(C(=O)O)c1. The van der Waals surface area contributed by atoms with Crippen LogP contribution in [0.25, 0.3) is 0 Å². The molecule has 0 aliphatic rings. The Bertz CT molecular complexity index is 522. The maximum absolute atomic E-state index is 11.5. The van der Waals surface area contributed by atoms with Crippen LogP contribution in [-0.2, 0) is 9.53 Å². The number of ether oxygens (including phenoxy) is 2.